The molecule has 0 aromatic heterocycles. The van der Waals surface area contributed by atoms with E-state index in [4.69, 9.17) is 4.74 Å². The summed E-state index contributed by atoms with van der Waals surface area (Å²) < 4.78 is 6.05. The lowest BCUT2D eigenvalue weighted by Crippen LogP contribution is -2.64. The molecule has 2 aromatic rings. The first-order chi connectivity index (χ1) is 19.4. The highest BCUT2D eigenvalue weighted by atomic mass is 16.5. The van der Waals surface area contributed by atoms with E-state index in [1.807, 2.05) is 73.7 Å². The molecule has 1 heterocycles. The van der Waals surface area contributed by atoms with Crippen LogP contribution in [0.2, 0.25) is 0 Å². The van der Waals surface area contributed by atoms with E-state index in [2.05, 4.69) is 28.2 Å². The van der Waals surface area contributed by atoms with Crippen LogP contribution in [0, 0.1) is 5.92 Å². The molecule has 40 heavy (non-hydrogen) atoms. The number of hydrogen-bond donors (Lipinski definition) is 4. The predicted octanol–water partition coefficient (Wildman–Crippen LogP) is 3.37. The van der Waals surface area contributed by atoms with Crippen LogP contribution in [0.15, 0.2) is 60.7 Å². The van der Waals surface area contributed by atoms with Gasteiger partial charge in [-0.05, 0) is 30.4 Å². The van der Waals surface area contributed by atoms with Crippen molar-refractivity contribution in [3.8, 4) is 5.75 Å². The molecule has 1 aliphatic carbocycles. The molecule has 3 amide bonds. The summed E-state index contributed by atoms with van der Waals surface area (Å²) in [7, 11) is 0. The average molecular weight is 547 g/mol. The van der Waals surface area contributed by atoms with E-state index < -0.39 is 17.6 Å². The Kier molecular flexibility index (Phi) is 10.4. The van der Waals surface area contributed by atoms with E-state index in [-0.39, 0.29) is 23.6 Å². The molecule has 3 atom stereocenters. The molecule has 1 saturated carbocycles. The third kappa shape index (κ3) is 7.50. The van der Waals surface area contributed by atoms with E-state index in [0.717, 1.165) is 36.1 Å². The number of carbonyl (C=O) groups excluding carboxylic acids is 3. The zero-order valence-corrected chi connectivity index (χ0v) is 23.6. The monoisotopic (exact) mass is 546 g/mol. The molecule has 0 bridgehead atoms. The van der Waals surface area contributed by atoms with Crippen LogP contribution in [0.25, 0.3) is 6.08 Å². The third-order valence-electron chi connectivity index (χ3n) is 7.99. The topological polar surface area (TPSA) is 109 Å². The molecule has 2 aliphatic rings. The Morgan fingerprint density at radius 2 is 1.70 bits per heavy atom. The molecule has 0 saturated heterocycles. The minimum absolute atomic E-state index is 0.0546. The van der Waals surface area contributed by atoms with Crippen LogP contribution >= 0.6 is 0 Å². The molecule has 1 aliphatic heterocycles. The summed E-state index contributed by atoms with van der Waals surface area (Å²) in [5.41, 5.74) is 0.796. The summed E-state index contributed by atoms with van der Waals surface area (Å²) in [6.45, 7) is 5.25. The second-order valence-corrected chi connectivity index (χ2v) is 10.8. The van der Waals surface area contributed by atoms with Gasteiger partial charge in [0, 0.05) is 25.1 Å². The maximum atomic E-state index is 13.8. The number of ether oxygens (including phenoxy) is 1. The van der Waals surface area contributed by atoms with Crippen molar-refractivity contribution in [2.45, 2.75) is 70.0 Å². The summed E-state index contributed by atoms with van der Waals surface area (Å²) in [5, 5.41) is 12.5. The van der Waals surface area contributed by atoms with E-state index in [0.29, 0.717) is 39.0 Å². The van der Waals surface area contributed by atoms with E-state index in [1.165, 1.54) is 0 Å². The van der Waals surface area contributed by atoms with Crippen molar-refractivity contribution >= 4 is 23.8 Å². The van der Waals surface area contributed by atoms with Crippen molar-refractivity contribution in [3.05, 3.63) is 71.8 Å². The molecule has 8 nitrogen and oxygen atoms in total. The lowest BCUT2D eigenvalue weighted by Gasteiger charge is -2.34. The molecular formula is C32H42N4O4. The van der Waals surface area contributed by atoms with Gasteiger partial charge in [-0.15, -0.1) is 0 Å². The van der Waals surface area contributed by atoms with Gasteiger partial charge in [-0.25, -0.2) is 0 Å². The van der Waals surface area contributed by atoms with E-state index >= 15 is 0 Å². The fraction of sp³-hybridized carbons (Fsp3) is 0.469. The second kappa shape index (κ2) is 14.1. The quantitative estimate of drug-likeness (QED) is 0.470. The Labute approximate surface area is 237 Å². The van der Waals surface area contributed by atoms with Crippen molar-refractivity contribution in [2.75, 3.05) is 19.7 Å². The molecule has 1 spiro atoms. The largest absolute Gasteiger partial charge is 0.492 e. The molecule has 0 radical (unpaired) electrons. The van der Waals surface area contributed by atoms with Gasteiger partial charge in [0.15, 0.2) is 0 Å². The fourth-order valence-corrected chi connectivity index (χ4v) is 5.44. The van der Waals surface area contributed by atoms with Crippen LogP contribution in [0.1, 0.15) is 57.1 Å². The van der Waals surface area contributed by atoms with E-state index in [9.17, 15) is 14.4 Å². The standard InChI is InChI=1S/C32H42N4O4/c1-3-23(2)28-30(38)36-32(17-9-10-18-32)31(39)35-26(22-24-12-5-4-6-13-24)29(37)34-19-11-15-25-14-7-8-16-27(25)40-21-20-33-28/h4-8,11-16,23,26,28,33H,3,9-10,17-22H2,1-2H3,(H,34,37)(H,35,39)(H,36,38)/b15-11-/t23-,26-,28-/m0/s1. The van der Waals surface area contributed by atoms with Gasteiger partial charge < -0.3 is 26.0 Å². The first kappa shape index (κ1) is 29.3. The lowest BCUT2D eigenvalue weighted by molar-refractivity contribution is -0.137. The zero-order valence-electron chi connectivity index (χ0n) is 23.6. The predicted molar refractivity (Wildman–Crippen MR) is 157 cm³/mol. The minimum atomic E-state index is -1.04. The Morgan fingerprint density at radius 3 is 2.45 bits per heavy atom. The van der Waals surface area contributed by atoms with Crippen molar-refractivity contribution < 1.29 is 19.1 Å². The number of hydrogen-bond acceptors (Lipinski definition) is 5. The van der Waals surface area contributed by atoms with Gasteiger partial charge in [0.05, 0.1) is 6.04 Å². The van der Waals surface area contributed by atoms with Crippen LogP contribution in [0.3, 0.4) is 0 Å². The molecule has 4 N–H and O–H groups in total. The first-order valence-corrected chi connectivity index (χ1v) is 14.5. The molecule has 4 rings (SSSR count). The van der Waals surface area contributed by atoms with Crippen LogP contribution in [0.5, 0.6) is 5.75 Å². The van der Waals surface area contributed by atoms with Crippen molar-refractivity contribution in [1.82, 2.24) is 21.3 Å². The SMILES string of the molecule is CC[C@H](C)[C@@H]1NCCOc2ccccc2/C=C\CNC(=O)[C@H](Cc2ccccc2)NC(=O)C2(CCCC2)NC1=O. The summed E-state index contributed by atoms with van der Waals surface area (Å²) in [6.07, 6.45) is 7.70. The van der Waals surface area contributed by atoms with Gasteiger partial charge in [0.1, 0.15) is 23.9 Å². The zero-order chi connectivity index (χ0) is 28.4. The van der Waals surface area contributed by atoms with Gasteiger partial charge in [0.25, 0.3) is 0 Å². The summed E-state index contributed by atoms with van der Waals surface area (Å²) in [4.78, 5) is 40.9. The molecule has 214 valence electrons. The average Bonchev–Trinajstić information content (AvgIpc) is 3.44. The van der Waals surface area contributed by atoms with Crippen molar-refractivity contribution in [2.24, 2.45) is 5.92 Å². The lowest BCUT2D eigenvalue weighted by atomic mass is 9.92. The van der Waals surface area contributed by atoms with Gasteiger partial charge in [0.2, 0.25) is 17.7 Å². The fourth-order valence-electron chi connectivity index (χ4n) is 5.44. The Morgan fingerprint density at radius 1 is 0.975 bits per heavy atom. The smallest absolute Gasteiger partial charge is 0.246 e. The number of benzene rings is 2. The summed E-state index contributed by atoms with van der Waals surface area (Å²) in [6, 6.07) is 16.1. The van der Waals surface area contributed by atoms with Crippen LogP contribution in [-0.2, 0) is 20.8 Å². The highest BCUT2D eigenvalue weighted by molar-refractivity contribution is 5.96. The third-order valence-corrected chi connectivity index (χ3v) is 7.99. The Balaban J connectivity index is 1.63. The molecule has 0 unspecified atom stereocenters. The molecule has 2 aromatic carbocycles. The van der Waals surface area contributed by atoms with Gasteiger partial charge in [-0.1, -0.05) is 93.8 Å². The maximum Gasteiger partial charge on any atom is 0.246 e. The number of nitrogens with one attached hydrogen (secondary N) is 4. The van der Waals surface area contributed by atoms with E-state index in [1.54, 1.807) is 0 Å². The maximum absolute atomic E-state index is 13.8. The summed E-state index contributed by atoms with van der Waals surface area (Å²) >= 11 is 0. The number of rotatable bonds is 4. The van der Waals surface area contributed by atoms with Gasteiger partial charge in [-0.3, -0.25) is 14.4 Å². The minimum Gasteiger partial charge on any atom is -0.492 e. The highest BCUT2D eigenvalue weighted by Gasteiger charge is 2.45. The van der Waals surface area contributed by atoms with Crippen molar-refractivity contribution in [3.63, 3.8) is 0 Å². The van der Waals surface area contributed by atoms with Crippen LogP contribution < -0.4 is 26.0 Å². The Bertz CT molecular complexity index is 1180. The molecule has 8 heteroatoms. The van der Waals surface area contributed by atoms with Crippen LogP contribution in [0.4, 0.5) is 0 Å². The number of fused-ring (bicyclic) bond motifs is 1. The first-order valence-electron chi connectivity index (χ1n) is 14.5. The van der Waals surface area contributed by atoms with Crippen molar-refractivity contribution in [1.29, 1.82) is 0 Å². The van der Waals surface area contributed by atoms with Crippen LogP contribution in [-0.4, -0.2) is 55.0 Å². The highest BCUT2D eigenvalue weighted by Crippen LogP contribution is 2.31. The Hall–Kier alpha value is -3.65. The number of carbonyl (C=O) groups is 3. The number of amides is 3. The molecule has 1 fully saturated rings. The normalized spacial score (nSPS) is 23.9. The van der Waals surface area contributed by atoms with Gasteiger partial charge in [-0.2, -0.15) is 0 Å². The number of para-hydroxylation sites is 1. The second-order valence-electron chi connectivity index (χ2n) is 10.8. The molecular weight excluding hydrogens is 504 g/mol. The van der Waals surface area contributed by atoms with Gasteiger partial charge >= 0.3 is 0 Å². The summed E-state index contributed by atoms with van der Waals surface area (Å²) in [5.74, 6) is 0.0212.